The zero-order valence-electron chi connectivity index (χ0n) is 12.6. The number of rotatable bonds is 2. The first-order chi connectivity index (χ1) is 11.7. The molecule has 4 rings (SSSR count). The van der Waals surface area contributed by atoms with Crippen molar-refractivity contribution in [3.8, 4) is 22.6 Å². The minimum atomic E-state index is -0.631. The summed E-state index contributed by atoms with van der Waals surface area (Å²) in [6.07, 6.45) is 0. The molecule has 116 valence electrons. The highest BCUT2D eigenvalue weighted by Crippen LogP contribution is 2.29. The summed E-state index contributed by atoms with van der Waals surface area (Å²) in [7, 11) is 0. The zero-order chi connectivity index (χ0) is 16.5. The van der Waals surface area contributed by atoms with Crippen molar-refractivity contribution in [2.75, 3.05) is 0 Å². The third kappa shape index (κ3) is 2.63. The Morgan fingerprint density at radius 1 is 0.625 bits per heavy atom. The molecule has 0 aliphatic carbocycles. The molecule has 0 spiro atoms. The van der Waals surface area contributed by atoms with Gasteiger partial charge in [0, 0.05) is 22.6 Å². The zero-order valence-corrected chi connectivity index (χ0v) is 12.6. The van der Waals surface area contributed by atoms with Gasteiger partial charge in [-0.1, -0.05) is 48.5 Å². The highest BCUT2D eigenvalue weighted by atomic mass is 19.1. The van der Waals surface area contributed by atoms with Gasteiger partial charge in [-0.3, -0.25) is 0 Å². The molecule has 0 fully saturated rings. The SMILES string of the molecule is Fc1cc(F)cc(-c2nc(-c3ccccc3)nc3ccccc23)c1. The molecule has 1 aromatic heterocycles. The highest BCUT2D eigenvalue weighted by Gasteiger charge is 2.12. The van der Waals surface area contributed by atoms with Gasteiger partial charge in [-0.05, 0) is 18.2 Å². The van der Waals surface area contributed by atoms with Gasteiger partial charge < -0.3 is 0 Å². The van der Waals surface area contributed by atoms with Crippen LogP contribution in [-0.4, -0.2) is 9.97 Å². The van der Waals surface area contributed by atoms with Crippen LogP contribution in [0.1, 0.15) is 0 Å². The summed E-state index contributed by atoms with van der Waals surface area (Å²) in [5.41, 5.74) is 2.48. The summed E-state index contributed by atoms with van der Waals surface area (Å²) in [6.45, 7) is 0. The van der Waals surface area contributed by atoms with Crippen LogP contribution in [-0.2, 0) is 0 Å². The van der Waals surface area contributed by atoms with Crippen LogP contribution in [0.4, 0.5) is 8.78 Å². The number of hydrogen-bond acceptors (Lipinski definition) is 2. The van der Waals surface area contributed by atoms with Crippen molar-refractivity contribution in [3.05, 3.63) is 84.4 Å². The van der Waals surface area contributed by atoms with Crippen molar-refractivity contribution in [1.29, 1.82) is 0 Å². The van der Waals surface area contributed by atoms with Crippen LogP contribution in [0.15, 0.2) is 72.8 Å². The van der Waals surface area contributed by atoms with E-state index in [0.29, 0.717) is 17.1 Å². The van der Waals surface area contributed by atoms with Crippen LogP contribution < -0.4 is 0 Å². The second-order valence-corrected chi connectivity index (χ2v) is 5.44. The molecule has 0 amide bonds. The Balaban J connectivity index is 2.03. The molecular formula is C20H12F2N2. The molecule has 3 aromatic carbocycles. The van der Waals surface area contributed by atoms with E-state index in [2.05, 4.69) is 9.97 Å². The van der Waals surface area contributed by atoms with Crippen LogP contribution in [0.25, 0.3) is 33.5 Å². The van der Waals surface area contributed by atoms with Crippen LogP contribution in [0, 0.1) is 11.6 Å². The number of para-hydroxylation sites is 1. The Labute approximate surface area is 137 Å². The molecule has 1 heterocycles. The van der Waals surface area contributed by atoms with Gasteiger partial charge in [0.05, 0.1) is 11.2 Å². The van der Waals surface area contributed by atoms with Gasteiger partial charge in [-0.25, -0.2) is 18.7 Å². The lowest BCUT2D eigenvalue weighted by molar-refractivity contribution is 0.584. The fraction of sp³-hybridized carbons (Fsp3) is 0. The molecule has 0 aliphatic heterocycles. The number of benzene rings is 3. The van der Waals surface area contributed by atoms with Gasteiger partial charge >= 0.3 is 0 Å². The number of fused-ring (bicyclic) bond motifs is 1. The second-order valence-electron chi connectivity index (χ2n) is 5.44. The van der Waals surface area contributed by atoms with Crippen molar-refractivity contribution < 1.29 is 8.78 Å². The van der Waals surface area contributed by atoms with Crippen LogP contribution in [0.3, 0.4) is 0 Å². The van der Waals surface area contributed by atoms with Crippen molar-refractivity contribution >= 4 is 10.9 Å². The van der Waals surface area contributed by atoms with Gasteiger partial charge in [0.1, 0.15) is 11.6 Å². The fourth-order valence-corrected chi connectivity index (χ4v) is 2.70. The predicted octanol–water partition coefficient (Wildman–Crippen LogP) is 5.24. The monoisotopic (exact) mass is 318 g/mol. The van der Waals surface area contributed by atoms with E-state index in [1.165, 1.54) is 12.1 Å². The number of hydrogen-bond donors (Lipinski definition) is 0. The van der Waals surface area contributed by atoms with Gasteiger partial charge in [-0.2, -0.15) is 0 Å². The first-order valence-electron chi connectivity index (χ1n) is 7.49. The maximum atomic E-state index is 13.7. The third-order valence-electron chi connectivity index (χ3n) is 3.77. The largest absolute Gasteiger partial charge is 0.228 e. The van der Waals surface area contributed by atoms with E-state index < -0.39 is 11.6 Å². The Morgan fingerprint density at radius 2 is 1.29 bits per heavy atom. The van der Waals surface area contributed by atoms with Crippen LogP contribution in [0.2, 0.25) is 0 Å². The average molecular weight is 318 g/mol. The molecule has 0 radical (unpaired) electrons. The van der Waals surface area contributed by atoms with E-state index in [1.807, 2.05) is 54.6 Å². The molecule has 4 aromatic rings. The fourth-order valence-electron chi connectivity index (χ4n) is 2.70. The Morgan fingerprint density at radius 3 is 2.04 bits per heavy atom. The quantitative estimate of drug-likeness (QED) is 0.505. The summed E-state index contributed by atoms with van der Waals surface area (Å²) < 4.78 is 27.3. The van der Waals surface area contributed by atoms with Crippen molar-refractivity contribution in [3.63, 3.8) is 0 Å². The van der Waals surface area contributed by atoms with E-state index in [9.17, 15) is 8.78 Å². The minimum absolute atomic E-state index is 0.392. The van der Waals surface area contributed by atoms with Gasteiger partial charge in [0.15, 0.2) is 5.82 Å². The van der Waals surface area contributed by atoms with Crippen LogP contribution in [0.5, 0.6) is 0 Å². The molecule has 24 heavy (non-hydrogen) atoms. The minimum Gasteiger partial charge on any atom is -0.228 e. The van der Waals surface area contributed by atoms with E-state index in [0.717, 1.165) is 22.5 Å². The first-order valence-corrected chi connectivity index (χ1v) is 7.49. The summed E-state index contributed by atoms with van der Waals surface area (Å²) >= 11 is 0. The summed E-state index contributed by atoms with van der Waals surface area (Å²) in [4.78, 5) is 9.16. The first kappa shape index (κ1) is 14.5. The number of nitrogens with zero attached hydrogens (tertiary/aromatic N) is 2. The molecule has 2 nitrogen and oxygen atoms in total. The summed E-state index contributed by atoms with van der Waals surface area (Å²) in [5.74, 6) is -0.739. The standard InChI is InChI=1S/C20H12F2N2/c21-15-10-14(11-16(22)12-15)19-17-8-4-5-9-18(17)23-20(24-19)13-6-2-1-3-7-13/h1-12H. The highest BCUT2D eigenvalue weighted by molar-refractivity contribution is 5.93. The molecule has 0 unspecified atom stereocenters. The maximum absolute atomic E-state index is 13.7. The lowest BCUT2D eigenvalue weighted by atomic mass is 10.1. The third-order valence-corrected chi connectivity index (χ3v) is 3.77. The molecule has 0 bridgehead atoms. The smallest absolute Gasteiger partial charge is 0.160 e. The van der Waals surface area contributed by atoms with E-state index >= 15 is 0 Å². The Hall–Kier alpha value is -3.14. The van der Waals surface area contributed by atoms with E-state index in [1.54, 1.807) is 0 Å². The molecule has 0 saturated carbocycles. The predicted molar refractivity (Wildman–Crippen MR) is 90.3 cm³/mol. The van der Waals surface area contributed by atoms with Gasteiger partial charge in [-0.15, -0.1) is 0 Å². The van der Waals surface area contributed by atoms with E-state index in [4.69, 9.17) is 0 Å². The van der Waals surface area contributed by atoms with Crippen molar-refractivity contribution in [2.45, 2.75) is 0 Å². The van der Waals surface area contributed by atoms with Crippen molar-refractivity contribution in [2.24, 2.45) is 0 Å². The lowest BCUT2D eigenvalue weighted by Gasteiger charge is -2.09. The van der Waals surface area contributed by atoms with Crippen LogP contribution >= 0.6 is 0 Å². The molecule has 0 aliphatic rings. The number of halogens is 2. The second kappa shape index (κ2) is 5.81. The van der Waals surface area contributed by atoms with Crippen molar-refractivity contribution in [1.82, 2.24) is 9.97 Å². The Bertz CT molecular complexity index is 1010. The molecule has 0 atom stereocenters. The van der Waals surface area contributed by atoms with Gasteiger partial charge in [0.2, 0.25) is 0 Å². The lowest BCUT2D eigenvalue weighted by Crippen LogP contribution is -1.96. The van der Waals surface area contributed by atoms with Gasteiger partial charge in [0.25, 0.3) is 0 Å². The maximum Gasteiger partial charge on any atom is 0.160 e. The topological polar surface area (TPSA) is 25.8 Å². The summed E-state index contributed by atoms with van der Waals surface area (Å²) in [5, 5.41) is 0.752. The normalized spacial score (nSPS) is 10.9. The Kier molecular flexibility index (Phi) is 3.50. The molecule has 0 saturated heterocycles. The molecule has 0 N–H and O–H groups in total. The average Bonchev–Trinajstić information content (AvgIpc) is 2.60. The molecular weight excluding hydrogens is 306 g/mol. The molecule has 4 heteroatoms. The van der Waals surface area contributed by atoms with E-state index in [-0.39, 0.29) is 0 Å². The number of aromatic nitrogens is 2. The summed E-state index contributed by atoms with van der Waals surface area (Å²) in [6, 6.07) is 20.4.